The highest BCUT2D eigenvalue weighted by molar-refractivity contribution is 5.94. The highest BCUT2D eigenvalue weighted by Crippen LogP contribution is 2.41. The number of anilines is 1. The molecule has 1 N–H and O–H groups in total. The predicted molar refractivity (Wildman–Crippen MR) is 107 cm³/mol. The van der Waals surface area contributed by atoms with Crippen molar-refractivity contribution in [1.82, 2.24) is 9.47 Å². The molecule has 1 aliphatic heterocycles. The summed E-state index contributed by atoms with van der Waals surface area (Å²) in [5.74, 6) is -3.00. The van der Waals surface area contributed by atoms with Gasteiger partial charge in [0, 0.05) is 31.9 Å². The van der Waals surface area contributed by atoms with Crippen molar-refractivity contribution in [1.29, 1.82) is 0 Å². The fourth-order valence-electron chi connectivity index (χ4n) is 4.62. The minimum atomic E-state index is -1.39. The molecular formula is C21H25F2N3O3. The standard InChI is InChI=1S/C21H25F2N3O3/c1-21(10-24(2)3)6-7-25(11-21)18-15(22)8-13-17(16(18)23)26(12-4-5-12)9-14(19(13)27)20(28)29/h8-9,12H,4-7,10-11H2,1-3H3,(H,28,29). The summed E-state index contributed by atoms with van der Waals surface area (Å²) in [7, 11) is 3.94. The molecule has 1 aromatic carbocycles. The molecular weight excluding hydrogens is 380 g/mol. The van der Waals surface area contributed by atoms with Crippen molar-refractivity contribution in [2.75, 3.05) is 38.6 Å². The van der Waals surface area contributed by atoms with E-state index in [9.17, 15) is 14.7 Å². The summed E-state index contributed by atoms with van der Waals surface area (Å²) in [5.41, 5.74) is -1.54. The van der Waals surface area contributed by atoms with Crippen LogP contribution in [0.4, 0.5) is 14.5 Å². The van der Waals surface area contributed by atoms with E-state index in [4.69, 9.17) is 0 Å². The van der Waals surface area contributed by atoms with Crippen molar-refractivity contribution in [3.8, 4) is 0 Å². The number of carboxylic acids is 1. The van der Waals surface area contributed by atoms with E-state index in [1.165, 1.54) is 10.8 Å². The first kappa shape index (κ1) is 19.8. The van der Waals surface area contributed by atoms with Gasteiger partial charge < -0.3 is 19.5 Å². The first-order valence-electron chi connectivity index (χ1n) is 9.81. The van der Waals surface area contributed by atoms with E-state index >= 15 is 8.78 Å². The Kier molecular flexibility index (Phi) is 4.64. The molecule has 4 rings (SSSR count). The third-order valence-electron chi connectivity index (χ3n) is 5.93. The van der Waals surface area contributed by atoms with Crippen LogP contribution < -0.4 is 10.3 Å². The summed E-state index contributed by atoms with van der Waals surface area (Å²) in [4.78, 5) is 27.8. The van der Waals surface area contributed by atoms with Crippen LogP contribution in [0.5, 0.6) is 0 Å². The zero-order chi connectivity index (χ0) is 21.1. The molecule has 156 valence electrons. The maximum Gasteiger partial charge on any atom is 0.341 e. The number of hydrogen-bond donors (Lipinski definition) is 1. The van der Waals surface area contributed by atoms with Crippen LogP contribution in [0.3, 0.4) is 0 Å². The van der Waals surface area contributed by atoms with Gasteiger partial charge in [0.2, 0.25) is 5.43 Å². The SMILES string of the molecule is CN(C)CC1(C)CCN(c2c(F)cc3c(=O)c(C(=O)O)cn(C4CC4)c3c2F)C1. The number of rotatable bonds is 5. The summed E-state index contributed by atoms with van der Waals surface area (Å²) in [6, 6.07) is 0.935. The Balaban J connectivity index is 1.88. The van der Waals surface area contributed by atoms with E-state index in [0.717, 1.165) is 31.9 Å². The van der Waals surface area contributed by atoms with Gasteiger partial charge in [0.05, 0.1) is 10.9 Å². The second-order valence-electron chi connectivity index (χ2n) is 8.95. The Morgan fingerprint density at radius 3 is 2.62 bits per heavy atom. The predicted octanol–water partition coefficient (Wildman–Crippen LogP) is 3.09. The molecule has 1 saturated carbocycles. The van der Waals surface area contributed by atoms with Gasteiger partial charge in [-0.3, -0.25) is 4.79 Å². The highest BCUT2D eigenvalue weighted by Gasteiger charge is 2.38. The Morgan fingerprint density at radius 1 is 1.34 bits per heavy atom. The van der Waals surface area contributed by atoms with Gasteiger partial charge in [-0.1, -0.05) is 6.92 Å². The largest absolute Gasteiger partial charge is 0.477 e. The van der Waals surface area contributed by atoms with Gasteiger partial charge in [0.1, 0.15) is 17.1 Å². The molecule has 2 aliphatic rings. The van der Waals surface area contributed by atoms with E-state index in [1.807, 2.05) is 14.1 Å². The molecule has 1 aromatic heterocycles. The van der Waals surface area contributed by atoms with Crippen LogP contribution in [0.25, 0.3) is 10.9 Å². The van der Waals surface area contributed by atoms with E-state index < -0.39 is 28.6 Å². The monoisotopic (exact) mass is 405 g/mol. The summed E-state index contributed by atoms with van der Waals surface area (Å²) in [6.45, 7) is 3.92. The number of fused-ring (bicyclic) bond motifs is 1. The second kappa shape index (κ2) is 6.79. The second-order valence-corrected chi connectivity index (χ2v) is 8.95. The van der Waals surface area contributed by atoms with E-state index in [-0.39, 0.29) is 28.0 Å². The summed E-state index contributed by atoms with van der Waals surface area (Å²) >= 11 is 0. The van der Waals surface area contributed by atoms with Crippen molar-refractivity contribution >= 4 is 22.6 Å². The lowest BCUT2D eigenvalue weighted by Gasteiger charge is -2.29. The number of halogens is 2. The lowest BCUT2D eigenvalue weighted by atomic mass is 9.89. The van der Waals surface area contributed by atoms with Gasteiger partial charge in [0.15, 0.2) is 5.82 Å². The molecule has 1 saturated heterocycles. The third kappa shape index (κ3) is 3.39. The van der Waals surface area contributed by atoms with Crippen molar-refractivity contribution < 1.29 is 18.7 Å². The maximum atomic E-state index is 15.7. The van der Waals surface area contributed by atoms with E-state index in [2.05, 4.69) is 11.8 Å². The fraction of sp³-hybridized carbons (Fsp3) is 0.524. The molecule has 2 fully saturated rings. The smallest absolute Gasteiger partial charge is 0.341 e. The van der Waals surface area contributed by atoms with Crippen LogP contribution >= 0.6 is 0 Å². The lowest BCUT2D eigenvalue weighted by molar-refractivity contribution is 0.0694. The van der Waals surface area contributed by atoms with Crippen LogP contribution in [0.15, 0.2) is 17.1 Å². The highest BCUT2D eigenvalue weighted by atomic mass is 19.1. The molecule has 0 spiro atoms. The van der Waals surface area contributed by atoms with Crippen molar-refractivity contribution in [3.63, 3.8) is 0 Å². The number of aromatic nitrogens is 1. The number of benzene rings is 1. The molecule has 2 heterocycles. The Labute approximate surface area is 167 Å². The zero-order valence-electron chi connectivity index (χ0n) is 16.8. The molecule has 6 nitrogen and oxygen atoms in total. The molecule has 29 heavy (non-hydrogen) atoms. The minimum absolute atomic E-state index is 0.000104. The summed E-state index contributed by atoms with van der Waals surface area (Å²) in [6.07, 6.45) is 3.55. The van der Waals surface area contributed by atoms with Gasteiger partial charge >= 0.3 is 5.97 Å². The molecule has 1 unspecified atom stereocenters. The van der Waals surface area contributed by atoms with Gasteiger partial charge in [-0.15, -0.1) is 0 Å². The van der Waals surface area contributed by atoms with Gasteiger partial charge in [-0.2, -0.15) is 0 Å². The van der Waals surface area contributed by atoms with E-state index in [1.54, 1.807) is 4.90 Å². The number of aromatic carboxylic acids is 1. The number of carbonyl (C=O) groups is 1. The van der Waals surface area contributed by atoms with E-state index in [0.29, 0.717) is 13.1 Å². The first-order valence-corrected chi connectivity index (χ1v) is 9.81. The maximum absolute atomic E-state index is 15.7. The number of carboxylic acid groups (broad SMARTS) is 1. The Hall–Kier alpha value is -2.48. The topological polar surface area (TPSA) is 65.8 Å². The molecule has 8 heteroatoms. The fourth-order valence-corrected chi connectivity index (χ4v) is 4.62. The molecule has 1 aliphatic carbocycles. The molecule has 0 amide bonds. The molecule has 2 aromatic rings. The van der Waals surface area contributed by atoms with Crippen LogP contribution in [-0.4, -0.2) is 54.3 Å². The van der Waals surface area contributed by atoms with Crippen LogP contribution in [0.2, 0.25) is 0 Å². The van der Waals surface area contributed by atoms with Crippen LogP contribution in [0, 0.1) is 17.0 Å². The van der Waals surface area contributed by atoms with Crippen LogP contribution in [0.1, 0.15) is 42.6 Å². The Morgan fingerprint density at radius 2 is 2.03 bits per heavy atom. The summed E-state index contributed by atoms with van der Waals surface area (Å²) < 4.78 is 32.2. The molecule has 0 radical (unpaired) electrons. The van der Waals surface area contributed by atoms with Crippen molar-refractivity contribution in [2.45, 2.75) is 32.2 Å². The van der Waals surface area contributed by atoms with Crippen LogP contribution in [-0.2, 0) is 0 Å². The first-order chi connectivity index (χ1) is 13.6. The quantitative estimate of drug-likeness (QED) is 0.828. The van der Waals surface area contributed by atoms with Crippen molar-refractivity contribution in [3.05, 3.63) is 39.7 Å². The Bertz CT molecular complexity index is 1060. The average molecular weight is 405 g/mol. The van der Waals surface area contributed by atoms with Gasteiger partial charge in [-0.05, 0) is 44.8 Å². The number of hydrogen-bond acceptors (Lipinski definition) is 4. The number of nitrogens with zero attached hydrogens (tertiary/aromatic N) is 3. The third-order valence-corrected chi connectivity index (χ3v) is 5.93. The average Bonchev–Trinajstić information content (AvgIpc) is 3.38. The normalized spacial score (nSPS) is 22.1. The summed E-state index contributed by atoms with van der Waals surface area (Å²) in [5, 5.41) is 9.12. The molecule has 1 atom stereocenters. The molecule has 0 bridgehead atoms. The van der Waals surface area contributed by atoms with Crippen molar-refractivity contribution in [2.24, 2.45) is 5.41 Å². The lowest BCUT2D eigenvalue weighted by Crippen LogP contribution is -2.34. The van der Waals surface area contributed by atoms with Gasteiger partial charge in [-0.25, -0.2) is 13.6 Å². The minimum Gasteiger partial charge on any atom is -0.477 e. The van der Waals surface area contributed by atoms with Gasteiger partial charge in [0.25, 0.3) is 0 Å². The number of pyridine rings is 1. The zero-order valence-corrected chi connectivity index (χ0v) is 16.8.